The number of carbonyl (C=O) groups excluding carboxylic acids is 1. The summed E-state index contributed by atoms with van der Waals surface area (Å²) in [5.41, 5.74) is 1.22. The summed E-state index contributed by atoms with van der Waals surface area (Å²) in [6, 6.07) is 15.7. The van der Waals surface area contributed by atoms with E-state index >= 15 is 0 Å². The van der Waals surface area contributed by atoms with Gasteiger partial charge < -0.3 is 5.32 Å². The van der Waals surface area contributed by atoms with E-state index in [9.17, 15) is 13.2 Å². The molecule has 0 fully saturated rings. The van der Waals surface area contributed by atoms with Crippen LogP contribution in [0.1, 0.15) is 10.4 Å². The molecular weight excluding hydrogens is 386 g/mol. The molecule has 0 saturated carbocycles. The Hall–Kier alpha value is -2.90. The second-order valence-corrected chi connectivity index (χ2v) is 8.08. The van der Waals surface area contributed by atoms with E-state index in [1.54, 1.807) is 54.9 Å². The van der Waals surface area contributed by atoms with Crippen LogP contribution in [0.15, 0.2) is 78.0 Å². The first-order valence-corrected chi connectivity index (χ1v) is 9.76. The van der Waals surface area contributed by atoms with Gasteiger partial charge >= 0.3 is 0 Å². The van der Waals surface area contributed by atoms with E-state index in [4.69, 9.17) is 11.6 Å². The topological polar surface area (TPSA) is 79.4 Å². The van der Waals surface area contributed by atoms with Crippen LogP contribution in [0.2, 0.25) is 5.02 Å². The van der Waals surface area contributed by atoms with E-state index < -0.39 is 15.9 Å². The van der Waals surface area contributed by atoms with Crippen LogP contribution in [0.3, 0.4) is 0 Å². The van der Waals surface area contributed by atoms with Crippen molar-refractivity contribution in [2.45, 2.75) is 4.90 Å². The Balaban J connectivity index is 1.88. The lowest BCUT2D eigenvalue weighted by Crippen LogP contribution is -2.26. The van der Waals surface area contributed by atoms with E-state index in [0.717, 1.165) is 4.31 Å². The van der Waals surface area contributed by atoms with E-state index in [1.165, 1.54) is 25.2 Å². The number of carbonyl (C=O) groups is 1. The maximum atomic E-state index is 12.9. The summed E-state index contributed by atoms with van der Waals surface area (Å²) in [5, 5.41) is 3.13. The fourth-order valence-electron chi connectivity index (χ4n) is 2.41. The first kappa shape index (κ1) is 18.9. The Morgan fingerprint density at radius 1 is 1.04 bits per heavy atom. The highest BCUT2D eigenvalue weighted by molar-refractivity contribution is 7.92. The van der Waals surface area contributed by atoms with Gasteiger partial charge in [-0.15, -0.1) is 0 Å². The molecule has 0 radical (unpaired) electrons. The van der Waals surface area contributed by atoms with Crippen molar-refractivity contribution in [3.63, 3.8) is 0 Å². The van der Waals surface area contributed by atoms with E-state index in [0.29, 0.717) is 16.4 Å². The van der Waals surface area contributed by atoms with Crippen LogP contribution < -0.4 is 9.62 Å². The molecule has 0 bridgehead atoms. The molecule has 0 unspecified atom stereocenters. The number of nitrogens with zero attached hydrogens (tertiary/aromatic N) is 2. The zero-order valence-corrected chi connectivity index (χ0v) is 15.9. The molecule has 27 heavy (non-hydrogen) atoms. The van der Waals surface area contributed by atoms with Crippen LogP contribution in [0.5, 0.6) is 0 Å². The van der Waals surface area contributed by atoms with Crippen molar-refractivity contribution >= 4 is 38.9 Å². The lowest BCUT2D eigenvalue weighted by molar-refractivity contribution is 0.102. The Morgan fingerprint density at radius 3 is 2.44 bits per heavy atom. The molecule has 0 aliphatic heterocycles. The average Bonchev–Trinajstić information content (AvgIpc) is 2.68. The second-order valence-electron chi connectivity index (χ2n) is 5.67. The minimum Gasteiger partial charge on any atom is -0.322 e. The van der Waals surface area contributed by atoms with Gasteiger partial charge in [-0.05, 0) is 48.5 Å². The maximum absolute atomic E-state index is 12.9. The quantitative estimate of drug-likeness (QED) is 0.705. The highest BCUT2D eigenvalue weighted by Crippen LogP contribution is 2.25. The summed E-state index contributed by atoms with van der Waals surface area (Å²) in [5.74, 6) is -0.413. The number of halogens is 1. The molecule has 1 N–H and O–H groups in total. The predicted molar refractivity (Wildman–Crippen MR) is 106 cm³/mol. The lowest BCUT2D eigenvalue weighted by Gasteiger charge is -2.20. The standard InChI is InChI=1S/C19H16ClN3O3S/c1-23(17-6-3-5-15(20)13-17)27(25,26)18-7-2-4-14(12-18)19(24)22-16-8-10-21-11-9-16/h2-13H,1H3,(H,21,22,24). The van der Waals surface area contributed by atoms with Crippen molar-refractivity contribution < 1.29 is 13.2 Å². The third-order valence-corrected chi connectivity index (χ3v) is 5.88. The maximum Gasteiger partial charge on any atom is 0.264 e. The van der Waals surface area contributed by atoms with Gasteiger partial charge in [0.15, 0.2) is 0 Å². The Labute approximate surface area is 162 Å². The number of benzene rings is 2. The molecule has 0 spiro atoms. The smallest absolute Gasteiger partial charge is 0.264 e. The van der Waals surface area contributed by atoms with Crippen LogP contribution in [-0.2, 0) is 10.0 Å². The third-order valence-electron chi connectivity index (χ3n) is 3.86. The number of pyridine rings is 1. The van der Waals surface area contributed by atoms with Gasteiger partial charge in [0, 0.05) is 35.7 Å². The highest BCUT2D eigenvalue weighted by atomic mass is 35.5. The van der Waals surface area contributed by atoms with E-state index in [2.05, 4.69) is 10.3 Å². The molecular formula is C19H16ClN3O3S. The molecule has 0 saturated heterocycles. The molecule has 0 atom stereocenters. The minimum atomic E-state index is -3.85. The van der Waals surface area contributed by atoms with E-state index in [1.807, 2.05) is 0 Å². The van der Waals surface area contributed by atoms with Crippen LogP contribution in [-0.4, -0.2) is 26.4 Å². The van der Waals surface area contributed by atoms with Gasteiger partial charge in [-0.1, -0.05) is 23.7 Å². The summed E-state index contributed by atoms with van der Waals surface area (Å²) in [6.45, 7) is 0. The second kappa shape index (κ2) is 7.77. The fourth-order valence-corrected chi connectivity index (χ4v) is 3.82. The van der Waals surface area contributed by atoms with E-state index in [-0.39, 0.29) is 10.5 Å². The Bertz CT molecular complexity index is 1070. The van der Waals surface area contributed by atoms with Gasteiger partial charge in [0.25, 0.3) is 15.9 Å². The molecule has 138 valence electrons. The molecule has 0 aliphatic rings. The SMILES string of the molecule is CN(c1cccc(Cl)c1)S(=O)(=O)c1cccc(C(=O)Nc2ccncc2)c1. The monoisotopic (exact) mass is 401 g/mol. The van der Waals surface area contributed by atoms with Gasteiger partial charge in [0.2, 0.25) is 0 Å². The number of rotatable bonds is 5. The van der Waals surface area contributed by atoms with Crippen LogP contribution in [0.4, 0.5) is 11.4 Å². The summed E-state index contributed by atoms with van der Waals surface area (Å²) in [4.78, 5) is 16.3. The number of amides is 1. The van der Waals surface area contributed by atoms with Gasteiger partial charge in [0.05, 0.1) is 10.6 Å². The largest absolute Gasteiger partial charge is 0.322 e. The molecule has 2 aromatic carbocycles. The molecule has 3 rings (SSSR count). The number of aromatic nitrogens is 1. The summed E-state index contributed by atoms with van der Waals surface area (Å²) in [6.07, 6.45) is 3.10. The van der Waals surface area contributed by atoms with Crippen molar-refractivity contribution in [2.75, 3.05) is 16.7 Å². The number of hydrogen-bond acceptors (Lipinski definition) is 4. The van der Waals surface area contributed by atoms with Crippen LogP contribution in [0.25, 0.3) is 0 Å². The van der Waals surface area contributed by atoms with Crippen LogP contribution >= 0.6 is 11.6 Å². The predicted octanol–water partition coefficient (Wildman–Crippen LogP) is 3.81. The normalized spacial score (nSPS) is 11.0. The molecule has 1 amide bonds. The van der Waals surface area contributed by atoms with Crippen molar-refractivity contribution in [1.29, 1.82) is 0 Å². The van der Waals surface area contributed by atoms with Crippen molar-refractivity contribution in [2.24, 2.45) is 0 Å². The number of nitrogens with one attached hydrogen (secondary N) is 1. The fraction of sp³-hybridized carbons (Fsp3) is 0.0526. The van der Waals surface area contributed by atoms with Gasteiger partial charge in [-0.2, -0.15) is 0 Å². The summed E-state index contributed by atoms with van der Waals surface area (Å²) < 4.78 is 27.0. The zero-order valence-electron chi connectivity index (χ0n) is 14.3. The molecule has 6 nitrogen and oxygen atoms in total. The van der Waals surface area contributed by atoms with Gasteiger partial charge in [-0.25, -0.2) is 8.42 Å². The van der Waals surface area contributed by atoms with Crippen LogP contribution in [0, 0.1) is 0 Å². The van der Waals surface area contributed by atoms with Crippen molar-refractivity contribution in [1.82, 2.24) is 4.98 Å². The minimum absolute atomic E-state index is 0.00681. The summed E-state index contributed by atoms with van der Waals surface area (Å²) in [7, 11) is -2.42. The molecule has 3 aromatic rings. The Kier molecular flexibility index (Phi) is 5.43. The average molecular weight is 402 g/mol. The molecule has 0 aliphatic carbocycles. The summed E-state index contributed by atoms with van der Waals surface area (Å²) >= 11 is 5.95. The van der Waals surface area contributed by atoms with Gasteiger partial charge in [-0.3, -0.25) is 14.1 Å². The number of anilines is 2. The first-order valence-electron chi connectivity index (χ1n) is 7.94. The van der Waals surface area contributed by atoms with Crippen molar-refractivity contribution in [3.05, 3.63) is 83.6 Å². The third kappa shape index (κ3) is 4.27. The number of hydrogen-bond donors (Lipinski definition) is 1. The molecule has 8 heteroatoms. The van der Waals surface area contributed by atoms with Crippen molar-refractivity contribution in [3.8, 4) is 0 Å². The zero-order chi connectivity index (χ0) is 19.4. The first-order chi connectivity index (χ1) is 12.9. The Morgan fingerprint density at radius 2 is 1.74 bits per heavy atom. The lowest BCUT2D eigenvalue weighted by atomic mass is 10.2. The molecule has 1 heterocycles. The highest BCUT2D eigenvalue weighted by Gasteiger charge is 2.22. The number of sulfonamides is 1. The van der Waals surface area contributed by atoms with Gasteiger partial charge in [0.1, 0.15) is 0 Å². The molecule has 1 aromatic heterocycles.